The zero-order valence-corrected chi connectivity index (χ0v) is 5.92. The Morgan fingerprint density at radius 2 is 1.67 bits per heavy atom. The van der Waals surface area contributed by atoms with Crippen LogP contribution in [0.2, 0.25) is 0 Å². The van der Waals surface area contributed by atoms with E-state index in [-0.39, 0.29) is 5.84 Å². The van der Waals surface area contributed by atoms with Gasteiger partial charge in [0.1, 0.15) is 0 Å². The third-order valence-corrected chi connectivity index (χ3v) is 1.08. The number of hydrogen-bond acceptors (Lipinski definition) is 5. The molecule has 1 aliphatic rings. The lowest BCUT2D eigenvalue weighted by Crippen LogP contribution is -2.14. The molecule has 0 aromatic rings. The summed E-state index contributed by atoms with van der Waals surface area (Å²) in [4.78, 5) is 21.7. The van der Waals surface area contributed by atoms with E-state index in [1.54, 1.807) is 0 Å². The molecular formula is C4H3N4O4. The van der Waals surface area contributed by atoms with Crippen LogP contribution in [-0.4, -0.2) is 15.7 Å². The fourth-order valence-electron chi connectivity index (χ4n) is 0.676. The van der Waals surface area contributed by atoms with Crippen molar-refractivity contribution in [2.24, 2.45) is 4.99 Å². The van der Waals surface area contributed by atoms with Gasteiger partial charge in [-0.25, -0.2) is 0 Å². The minimum atomic E-state index is -0.932. The average Bonchev–Trinajstić information content (AvgIpc) is 2.31. The average molecular weight is 171 g/mol. The number of aliphatic imine (C=N–C) groups is 1. The molecule has 12 heavy (non-hydrogen) atoms. The predicted octanol–water partition coefficient (Wildman–Crippen LogP) is -0.297. The third kappa shape index (κ3) is 1.21. The van der Waals surface area contributed by atoms with Crippen molar-refractivity contribution in [3.05, 3.63) is 31.9 Å². The Morgan fingerprint density at radius 1 is 1.17 bits per heavy atom. The fourth-order valence-corrected chi connectivity index (χ4v) is 0.676. The molecule has 63 valence electrons. The van der Waals surface area contributed by atoms with Crippen LogP contribution in [0.25, 0.3) is 0 Å². The van der Waals surface area contributed by atoms with Crippen LogP contribution in [0.3, 0.4) is 0 Å². The van der Waals surface area contributed by atoms with Crippen LogP contribution in [-0.2, 0) is 0 Å². The van der Waals surface area contributed by atoms with E-state index in [1.807, 2.05) is 0 Å². The van der Waals surface area contributed by atoms with E-state index < -0.39 is 21.5 Å². The van der Waals surface area contributed by atoms with E-state index in [2.05, 4.69) is 10.3 Å². The molecule has 0 unspecified atom stereocenters. The Labute approximate surface area is 65.9 Å². The second-order valence-electron chi connectivity index (χ2n) is 1.93. The van der Waals surface area contributed by atoms with Gasteiger partial charge in [-0.3, -0.25) is 0 Å². The van der Waals surface area contributed by atoms with Gasteiger partial charge in [-0.15, -0.1) is 0 Å². The summed E-state index contributed by atoms with van der Waals surface area (Å²) in [5, 5.41) is 23.6. The molecule has 1 heterocycles. The number of nitro groups is 2. The van der Waals surface area contributed by atoms with Crippen LogP contribution in [0.4, 0.5) is 0 Å². The maximum Gasteiger partial charge on any atom is 0.467 e. The molecule has 0 spiro atoms. The topological polar surface area (TPSA) is 113 Å². The standard InChI is InChI=1S/C4H3N4O4/c1-2-5-3(7(9)10)4(6-2)8(11)12/h1H3. The Balaban J connectivity index is 3.07. The molecule has 1 rings (SSSR count). The monoisotopic (exact) mass is 171 g/mol. The van der Waals surface area contributed by atoms with E-state index in [9.17, 15) is 20.2 Å². The van der Waals surface area contributed by atoms with E-state index in [1.165, 1.54) is 6.92 Å². The smallest absolute Gasteiger partial charge is 0.358 e. The van der Waals surface area contributed by atoms with Crippen molar-refractivity contribution in [2.75, 3.05) is 0 Å². The highest BCUT2D eigenvalue weighted by molar-refractivity contribution is 5.83. The Hall–Kier alpha value is -1.99. The molecule has 0 bridgehead atoms. The van der Waals surface area contributed by atoms with E-state index in [0.717, 1.165) is 0 Å². The quantitative estimate of drug-likeness (QED) is 0.419. The molecule has 8 heteroatoms. The number of rotatable bonds is 2. The highest BCUT2D eigenvalue weighted by Crippen LogP contribution is 2.12. The van der Waals surface area contributed by atoms with Gasteiger partial charge < -0.3 is 20.2 Å². The van der Waals surface area contributed by atoms with Gasteiger partial charge in [0.25, 0.3) is 0 Å². The maximum atomic E-state index is 10.1. The Kier molecular flexibility index (Phi) is 1.73. The van der Waals surface area contributed by atoms with Gasteiger partial charge in [0.05, 0.1) is 0 Å². The van der Waals surface area contributed by atoms with Gasteiger partial charge in [-0.1, -0.05) is 0 Å². The summed E-state index contributed by atoms with van der Waals surface area (Å²) in [7, 11) is 0. The summed E-state index contributed by atoms with van der Waals surface area (Å²) in [5.74, 6) is -1.59. The lowest BCUT2D eigenvalue weighted by Gasteiger charge is -1.89. The van der Waals surface area contributed by atoms with Gasteiger partial charge in [0.15, 0.2) is 0 Å². The van der Waals surface area contributed by atoms with E-state index in [0.29, 0.717) is 0 Å². The van der Waals surface area contributed by atoms with Gasteiger partial charge in [-0.2, -0.15) is 0 Å². The molecule has 0 saturated heterocycles. The predicted molar refractivity (Wildman–Crippen MR) is 36.3 cm³/mol. The summed E-state index contributed by atoms with van der Waals surface area (Å²) in [6, 6.07) is 0. The minimum absolute atomic E-state index is 0.0217. The molecule has 0 atom stereocenters. The highest BCUT2D eigenvalue weighted by Gasteiger charge is 2.40. The minimum Gasteiger partial charge on any atom is -0.358 e. The summed E-state index contributed by atoms with van der Waals surface area (Å²) >= 11 is 0. The third-order valence-electron chi connectivity index (χ3n) is 1.08. The second-order valence-corrected chi connectivity index (χ2v) is 1.93. The second kappa shape index (κ2) is 2.57. The van der Waals surface area contributed by atoms with Gasteiger partial charge in [0, 0.05) is 17.2 Å². The molecule has 8 nitrogen and oxygen atoms in total. The number of amidine groups is 1. The molecule has 0 fully saturated rings. The summed E-state index contributed by atoms with van der Waals surface area (Å²) in [6.07, 6.45) is 0. The molecule has 0 aliphatic carbocycles. The lowest BCUT2D eigenvalue weighted by molar-refractivity contribution is -0.473. The van der Waals surface area contributed by atoms with Crippen LogP contribution in [0.5, 0.6) is 0 Å². The van der Waals surface area contributed by atoms with Crippen LogP contribution in [0.1, 0.15) is 6.92 Å². The fraction of sp³-hybridized carbons (Fsp3) is 0.250. The lowest BCUT2D eigenvalue weighted by atomic mass is 10.6. The van der Waals surface area contributed by atoms with Crippen molar-refractivity contribution in [3.8, 4) is 0 Å². The number of hydrogen-bond donors (Lipinski definition) is 0. The first kappa shape index (κ1) is 8.11. The zero-order chi connectivity index (χ0) is 9.30. The van der Waals surface area contributed by atoms with Gasteiger partial charge in [0.2, 0.25) is 0 Å². The molecule has 1 radical (unpaired) electrons. The SMILES string of the molecule is CC1=NC([N+](=O)[O-])=C([N+](=O)[O-])[N]1. The Morgan fingerprint density at radius 3 is 2.00 bits per heavy atom. The van der Waals surface area contributed by atoms with Crippen molar-refractivity contribution in [1.29, 1.82) is 0 Å². The molecule has 0 aromatic heterocycles. The summed E-state index contributed by atoms with van der Waals surface area (Å²) in [5.41, 5.74) is 0. The van der Waals surface area contributed by atoms with Crippen LogP contribution in [0.15, 0.2) is 16.6 Å². The van der Waals surface area contributed by atoms with Crippen LogP contribution >= 0.6 is 0 Å². The first-order chi connectivity index (χ1) is 5.52. The van der Waals surface area contributed by atoms with Crippen LogP contribution < -0.4 is 5.32 Å². The summed E-state index contributed by atoms with van der Waals surface area (Å²) < 4.78 is 0. The van der Waals surface area contributed by atoms with Crippen molar-refractivity contribution in [3.63, 3.8) is 0 Å². The molecule has 0 N–H and O–H groups in total. The molecule has 0 aromatic carbocycles. The van der Waals surface area contributed by atoms with E-state index >= 15 is 0 Å². The Bertz CT molecular complexity index is 317. The van der Waals surface area contributed by atoms with Crippen molar-refractivity contribution in [1.82, 2.24) is 5.32 Å². The molecule has 0 amide bonds. The first-order valence-electron chi connectivity index (χ1n) is 2.82. The zero-order valence-electron chi connectivity index (χ0n) is 5.92. The first-order valence-corrected chi connectivity index (χ1v) is 2.82. The molecular weight excluding hydrogens is 168 g/mol. The normalized spacial score (nSPS) is 15.6. The van der Waals surface area contributed by atoms with Gasteiger partial charge in [-0.05, 0) is 9.85 Å². The van der Waals surface area contributed by atoms with Crippen molar-refractivity contribution in [2.45, 2.75) is 6.92 Å². The largest absolute Gasteiger partial charge is 0.467 e. The van der Waals surface area contributed by atoms with Crippen molar-refractivity contribution >= 4 is 5.84 Å². The summed E-state index contributed by atoms with van der Waals surface area (Å²) in [6.45, 7) is 1.35. The van der Waals surface area contributed by atoms with E-state index in [4.69, 9.17) is 0 Å². The maximum absolute atomic E-state index is 10.1. The number of nitrogens with zero attached hydrogens (tertiary/aromatic N) is 4. The molecule has 0 saturated carbocycles. The van der Waals surface area contributed by atoms with Crippen molar-refractivity contribution < 1.29 is 9.85 Å². The van der Waals surface area contributed by atoms with Crippen LogP contribution in [0, 0.1) is 20.2 Å². The highest BCUT2D eigenvalue weighted by atomic mass is 16.6. The van der Waals surface area contributed by atoms with Gasteiger partial charge >= 0.3 is 17.5 Å². The molecule has 1 aliphatic heterocycles.